The Balaban J connectivity index is 1.55. The number of ether oxygens (including phenoxy) is 2. The van der Waals surface area contributed by atoms with Crippen LogP contribution in [-0.2, 0) is 18.4 Å². The monoisotopic (exact) mass is 418 g/mol. The molecule has 3 rings (SSSR count). The van der Waals surface area contributed by atoms with E-state index in [2.05, 4.69) is 10.2 Å². The maximum absolute atomic E-state index is 12.8. The smallest absolute Gasteiger partial charge is 0.235 e. The molecule has 1 aromatic heterocycles. The minimum absolute atomic E-state index is 0.154. The van der Waals surface area contributed by atoms with Crippen molar-refractivity contribution in [1.82, 2.24) is 19.7 Å². The Kier molecular flexibility index (Phi) is 7.41. The molecule has 0 spiro atoms. The molecule has 1 saturated carbocycles. The van der Waals surface area contributed by atoms with Crippen LogP contribution in [0.1, 0.15) is 44.9 Å². The van der Waals surface area contributed by atoms with Gasteiger partial charge in [0.25, 0.3) is 0 Å². The van der Waals surface area contributed by atoms with E-state index in [1.54, 1.807) is 7.11 Å². The van der Waals surface area contributed by atoms with E-state index in [1.807, 2.05) is 54.8 Å². The highest BCUT2D eigenvalue weighted by molar-refractivity contribution is 8.00. The van der Waals surface area contributed by atoms with E-state index in [1.165, 1.54) is 31.0 Å². The van der Waals surface area contributed by atoms with Gasteiger partial charge in [0, 0.05) is 20.1 Å². The lowest BCUT2D eigenvalue weighted by Gasteiger charge is -2.32. The number of thioether (sulfide) groups is 1. The summed E-state index contributed by atoms with van der Waals surface area (Å²) in [4.78, 5) is 14.8. The molecule has 158 valence electrons. The molecule has 8 heteroatoms. The molecule has 1 heterocycles. The van der Waals surface area contributed by atoms with Gasteiger partial charge in [0.2, 0.25) is 5.91 Å². The zero-order chi connectivity index (χ0) is 20.8. The van der Waals surface area contributed by atoms with Gasteiger partial charge in [-0.1, -0.05) is 31.0 Å². The Labute approximate surface area is 176 Å². The third-order valence-corrected chi connectivity index (χ3v) is 6.57. The average molecular weight is 419 g/mol. The first-order chi connectivity index (χ1) is 14.0. The number of benzene rings is 1. The fourth-order valence-electron chi connectivity index (χ4n) is 3.54. The van der Waals surface area contributed by atoms with Crippen LogP contribution in [0.25, 0.3) is 0 Å². The van der Waals surface area contributed by atoms with Gasteiger partial charge < -0.3 is 18.9 Å². The molecule has 0 bridgehead atoms. The van der Waals surface area contributed by atoms with Gasteiger partial charge in [-0.15, -0.1) is 10.2 Å². The van der Waals surface area contributed by atoms with Crippen LogP contribution < -0.4 is 9.47 Å². The lowest BCUT2D eigenvalue weighted by molar-refractivity contribution is -0.131. The summed E-state index contributed by atoms with van der Waals surface area (Å²) in [5.74, 6) is 2.39. The zero-order valence-corrected chi connectivity index (χ0v) is 18.4. The quantitative estimate of drug-likeness (QED) is 0.609. The van der Waals surface area contributed by atoms with E-state index >= 15 is 0 Å². The molecule has 29 heavy (non-hydrogen) atoms. The number of nitrogens with zero attached hydrogens (tertiary/aromatic N) is 4. The molecule has 1 atom stereocenters. The maximum Gasteiger partial charge on any atom is 0.235 e. The van der Waals surface area contributed by atoms with Crippen molar-refractivity contribution >= 4 is 17.7 Å². The Morgan fingerprint density at radius 2 is 1.86 bits per heavy atom. The molecular weight excluding hydrogens is 388 g/mol. The summed E-state index contributed by atoms with van der Waals surface area (Å²) in [6.07, 6.45) is 5.92. The second-order valence-electron chi connectivity index (χ2n) is 7.42. The summed E-state index contributed by atoms with van der Waals surface area (Å²) in [6.45, 7) is 2.25. The van der Waals surface area contributed by atoms with Crippen molar-refractivity contribution in [3.63, 3.8) is 0 Å². The normalized spacial score (nSPS) is 15.7. The van der Waals surface area contributed by atoms with Crippen molar-refractivity contribution < 1.29 is 14.3 Å². The first-order valence-electron chi connectivity index (χ1n) is 10.1. The van der Waals surface area contributed by atoms with Gasteiger partial charge >= 0.3 is 0 Å². The van der Waals surface area contributed by atoms with Gasteiger partial charge in [-0.2, -0.15) is 0 Å². The highest BCUT2D eigenvalue weighted by Gasteiger charge is 2.27. The standard InChI is InChI=1S/C21H30N4O3S/c1-15(20(26)24(2)16-8-6-5-7-9-16)29-21-23-22-19(25(21)3)14-28-18-12-10-17(27-4)11-13-18/h10-13,15-16H,5-9,14H2,1-4H3. The molecule has 1 aliphatic rings. The summed E-state index contributed by atoms with van der Waals surface area (Å²) >= 11 is 1.44. The van der Waals surface area contributed by atoms with E-state index in [0.717, 1.165) is 29.5 Å². The summed E-state index contributed by atoms with van der Waals surface area (Å²) in [7, 11) is 5.46. The number of hydrogen-bond acceptors (Lipinski definition) is 6. The van der Waals surface area contributed by atoms with Crippen molar-refractivity contribution in [2.24, 2.45) is 7.05 Å². The molecule has 1 aliphatic carbocycles. The van der Waals surface area contributed by atoms with Crippen molar-refractivity contribution in [3.8, 4) is 11.5 Å². The second kappa shape index (κ2) is 10.0. The largest absolute Gasteiger partial charge is 0.497 e. The second-order valence-corrected chi connectivity index (χ2v) is 8.73. The Hall–Kier alpha value is -2.22. The Bertz CT molecular complexity index is 803. The molecule has 1 unspecified atom stereocenters. The summed E-state index contributed by atoms with van der Waals surface area (Å²) in [6, 6.07) is 7.78. The number of carbonyl (C=O) groups excluding carboxylic acids is 1. The molecule has 0 aliphatic heterocycles. The van der Waals surface area contributed by atoms with E-state index in [-0.39, 0.29) is 11.2 Å². The van der Waals surface area contributed by atoms with E-state index in [0.29, 0.717) is 18.5 Å². The number of aromatic nitrogens is 3. The molecule has 0 saturated heterocycles. The lowest BCUT2D eigenvalue weighted by Crippen LogP contribution is -2.42. The van der Waals surface area contributed by atoms with Crippen molar-refractivity contribution in [3.05, 3.63) is 30.1 Å². The minimum Gasteiger partial charge on any atom is -0.497 e. The average Bonchev–Trinajstić information content (AvgIpc) is 3.11. The third-order valence-electron chi connectivity index (χ3n) is 5.45. The van der Waals surface area contributed by atoms with E-state index in [4.69, 9.17) is 9.47 Å². The van der Waals surface area contributed by atoms with Crippen molar-refractivity contribution in [1.29, 1.82) is 0 Å². The number of carbonyl (C=O) groups is 1. The Morgan fingerprint density at radius 1 is 1.21 bits per heavy atom. The predicted molar refractivity (Wildman–Crippen MR) is 113 cm³/mol. The van der Waals surface area contributed by atoms with Gasteiger partial charge in [0.05, 0.1) is 12.4 Å². The summed E-state index contributed by atoms with van der Waals surface area (Å²) in [5.41, 5.74) is 0. The van der Waals surface area contributed by atoms with Gasteiger partial charge in [0.15, 0.2) is 11.0 Å². The van der Waals surface area contributed by atoms with E-state index in [9.17, 15) is 4.79 Å². The van der Waals surface area contributed by atoms with Crippen molar-refractivity contribution in [2.75, 3.05) is 14.2 Å². The molecule has 1 aromatic carbocycles. The summed E-state index contributed by atoms with van der Waals surface area (Å²) < 4.78 is 12.8. The van der Waals surface area contributed by atoms with Crippen LogP contribution in [0.5, 0.6) is 11.5 Å². The molecule has 1 amide bonds. The lowest BCUT2D eigenvalue weighted by atomic mass is 9.94. The fourth-order valence-corrected chi connectivity index (χ4v) is 4.47. The number of methoxy groups -OCH3 is 1. The number of amides is 1. The van der Waals surface area contributed by atoms with Crippen LogP contribution in [0.4, 0.5) is 0 Å². The van der Waals surface area contributed by atoms with Crippen LogP contribution in [0.2, 0.25) is 0 Å². The van der Waals surface area contributed by atoms with Crippen LogP contribution in [0.3, 0.4) is 0 Å². The van der Waals surface area contributed by atoms with Gasteiger partial charge in [-0.3, -0.25) is 4.79 Å². The highest BCUT2D eigenvalue weighted by Crippen LogP contribution is 2.27. The fraction of sp³-hybridized carbons (Fsp3) is 0.571. The Morgan fingerprint density at radius 3 is 2.52 bits per heavy atom. The minimum atomic E-state index is -0.208. The van der Waals surface area contributed by atoms with Crippen LogP contribution in [0, 0.1) is 0 Å². The molecule has 7 nitrogen and oxygen atoms in total. The van der Waals surface area contributed by atoms with Gasteiger partial charge in [0.1, 0.15) is 18.1 Å². The molecule has 2 aromatic rings. The topological polar surface area (TPSA) is 69.5 Å². The number of hydrogen-bond donors (Lipinski definition) is 0. The first kappa shape index (κ1) is 21.5. The van der Waals surface area contributed by atoms with Crippen LogP contribution in [-0.4, -0.2) is 51.0 Å². The van der Waals surface area contributed by atoms with Crippen LogP contribution in [0.15, 0.2) is 29.4 Å². The van der Waals surface area contributed by atoms with Crippen molar-refractivity contribution in [2.45, 2.75) is 62.1 Å². The third kappa shape index (κ3) is 5.44. The van der Waals surface area contributed by atoms with Gasteiger partial charge in [-0.25, -0.2) is 0 Å². The molecule has 1 fully saturated rings. The predicted octanol–water partition coefficient (Wildman–Crippen LogP) is 3.67. The molecule has 0 N–H and O–H groups in total. The molecular formula is C21H30N4O3S. The first-order valence-corrected chi connectivity index (χ1v) is 11.0. The van der Waals surface area contributed by atoms with E-state index < -0.39 is 0 Å². The molecule has 0 radical (unpaired) electrons. The zero-order valence-electron chi connectivity index (χ0n) is 17.6. The van der Waals surface area contributed by atoms with Crippen LogP contribution >= 0.6 is 11.8 Å². The highest BCUT2D eigenvalue weighted by atomic mass is 32.2. The van der Waals surface area contributed by atoms with Gasteiger partial charge in [-0.05, 0) is 44.0 Å². The summed E-state index contributed by atoms with van der Waals surface area (Å²) in [5, 5.41) is 8.99. The number of rotatable bonds is 8. The maximum atomic E-state index is 12.8. The SMILES string of the molecule is COc1ccc(OCc2nnc(SC(C)C(=O)N(C)C3CCCCC3)n2C)cc1.